The lowest BCUT2D eigenvalue weighted by atomic mass is 10.2. The smallest absolute Gasteiger partial charge is 0.243 e. The number of sulfonamides is 1. The summed E-state index contributed by atoms with van der Waals surface area (Å²) < 4.78 is 51.8. The van der Waals surface area contributed by atoms with Crippen LogP contribution in [0.4, 0.5) is 10.1 Å². The van der Waals surface area contributed by atoms with Crippen molar-refractivity contribution in [3.63, 3.8) is 0 Å². The van der Waals surface area contributed by atoms with E-state index in [0.29, 0.717) is 24.3 Å². The number of hydrogen-bond donors (Lipinski definition) is 2. The molecule has 0 unspecified atom stereocenters. The number of halogens is 2. The Kier molecular flexibility index (Phi) is 4.68. The molecule has 1 aliphatic heterocycles. The predicted molar refractivity (Wildman–Crippen MR) is 77.0 cm³/mol. The fourth-order valence-corrected chi connectivity index (χ4v) is 5.00. The summed E-state index contributed by atoms with van der Waals surface area (Å²) in [4.78, 5) is -0.561. The van der Waals surface area contributed by atoms with Gasteiger partial charge in [-0.3, -0.25) is 4.21 Å². The highest BCUT2D eigenvalue weighted by atomic mass is 35.5. The van der Waals surface area contributed by atoms with E-state index in [2.05, 4.69) is 4.72 Å². The standard InChI is InChI=1S/C11H14ClFN2O3S2/c12-7-5-9(14)11(13)10(6-7)20(17,18)15-8-1-3-19(16)4-2-8/h5-6,8,15H,1-4,14H2. The topological polar surface area (TPSA) is 89.3 Å². The molecule has 0 aromatic heterocycles. The zero-order valence-corrected chi connectivity index (χ0v) is 12.8. The molecule has 1 aromatic carbocycles. The van der Waals surface area contributed by atoms with Crippen LogP contribution in [0.1, 0.15) is 12.8 Å². The highest BCUT2D eigenvalue weighted by molar-refractivity contribution is 7.89. The van der Waals surface area contributed by atoms with Crippen LogP contribution < -0.4 is 10.5 Å². The number of benzene rings is 1. The number of hydrogen-bond acceptors (Lipinski definition) is 4. The van der Waals surface area contributed by atoms with Crippen molar-refractivity contribution in [1.29, 1.82) is 0 Å². The number of nitrogen functional groups attached to an aromatic ring is 1. The summed E-state index contributed by atoms with van der Waals surface area (Å²) >= 11 is 5.71. The molecule has 1 saturated heterocycles. The zero-order valence-electron chi connectivity index (χ0n) is 10.4. The average molecular weight is 341 g/mol. The van der Waals surface area contributed by atoms with Crippen LogP contribution in [0.3, 0.4) is 0 Å². The van der Waals surface area contributed by atoms with Gasteiger partial charge in [0.1, 0.15) is 4.90 Å². The van der Waals surface area contributed by atoms with Crippen LogP contribution in [0.2, 0.25) is 5.02 Å². The summed E-state index contributed by atoms with van der Waals surface area (Å²) in [7, 11) is -4.94. The van der Waals surface area contributed by atoms with Crippen molar-refractivity contribution in [3.05, 3.63) is 23.0 Å². The molecule has 0 aliphatic carbocycles. The third-order valence-electron chi connectivity index (χ3n) is 3.03. The summed E-state index contributed by atoms with van der Waals surface area (Å²) in [6, 6.07) is 1.83. The summed E-state index contributed by atoms with van der Waals surface area (Å²) in [6.45, 7) is 0. The van der Waals surface area contributed by atoms with Gasteiger partial charge in [-0.1, -0.05) is 11.6 Å². The van der Waals surface area contributed by atoms with Crippen LogP contribution in [-0.4, -0.2) is 30.2 Å². The third kappa shape index (κ3) is 3.49. The van der Waals surface area contributed by atoms with Crippen molar-refractivity contribution < 1.29 is 17.0 Å². The lowest BCUT2D eigenvalue weighted by Crippen LogP contribution is -2.39. The van der Waals surface area contributed by atoms with Crippen LogP contribution >= 0.6 is 11.6 Å². The maximum absolute atomic E-state index is 13.8. The van der Waals surface area contributed by atoms with E-state index in [1.165, 1.54) is 0 Å². The van der Waals surface area contributed by atoms with Gasteiger partial charge < -0.3 is 5.73 Å². The summed E-state index contributed by atoms with van der Waals surface area (Å²) in [5.41, 5.74) is 5.06. The van der Waals surface area contributed by atoms with Crippen molar-refractivity contribution >= 4 is 38.1 Å². The largest absolute Gasteiger partial charge is 0.396 e. The van der Waals surface area contributed by atoms with Gasteiger partial charge in [0, 0.05) is 33.4 Å². The molecule has 2 rings (SSSR count). The normalized spacial score (nSPS) is 23.7. The van der Waals surface area contributed by atoms with Crippen molar-refractivity contribution in [2.24, 2.45) is 0 Å². The Balaban J connectivity index is 2.25. The molecule has 20 heavy (non-hydrogen) atoms. The number of anilines is 1. The van der Waals surface area contributed by atoms with Gasteiger partial charge in [0.05, 0.1) is 5.69 Å². The molecule has 1 aliphatic rings. The van der Waals surface area contributed by atoms with Gasteiger partial charge in [0.15, 0.2) is 5.82 Å². The minimum atomic E-state index is -4.04. The molecular formula is C11H14ClFN2O3S2. The van der Waals surface area contributed by atoms with Gasteiger partial charge in [-0.15, -0.1) is 0 Å². The van der Waals surface area contributed by atoms with Gasteiger partial charge in [0.25, 0.3) is 0 Å². The van der Waals surface area contributed by atoms with Crippen LogP contribution in [0.5, 0.6) is 0 Å². The molecule has 5 nitrogen and oxygen atoms in total. The third-order valence-corrected chi connectivity index (χ3v) is 6.15. The average Bonchev–Trinajstić information content (AvgIpc) is 2.36. The SMILES string of the molecule is Nc1cc(Cl)cc(S(=O)(=O)NC2CCS(=O)CC2)c1F. The Morgan fingerprint density at radius 2 is 1.95 bits per heavy atom. The molecule has 0 atom stereocenters. The Morgan fingerprint density at radius 3 is 2.55 bits per heavy atom. The van der Waals surface area contributed by atoms with E-state index in [1.807, 2.05) is 0 Å². The minimum Gasteiger partial charge on any atom is -0.396 e. The second-order valence-electron chi connectivity index (χ2n) is 4.55. The van der Waals surface area contributed by atoms with E-state index in [4.69, 9.17) is 17.3 Å². The first-order valence-electron chi connectivity index (χ1n) is 5.91. The first kappa shape index (κ1) is 15.7. The molecule has 0 spiro atoms. The number of nitrogens with one attached hydrogen (secondary N) is 1. The maximum atomic E-state index is 13.8. The van der Waals surface area contributed by atoms with E-state index < -0.39 is 31.5 Å². The zero-order chi connectivity index (χ0) is 14.9. The molecule has 0 bridgehead atoms. The Labute approximate surface area is 124 Å². The predicted octanol–water partition coefficient (Wildman–Crippen LogP) is 1.25. The molecular weight excluding hydrogens is 327 g/mol. The minimum absolute atomic E-state index is 0.0500. The fraction of sp³-hybridized carbons (Fsp3) is 0.455. The molecule has 0 saturated carbocycles. The Hall–Kier alpha value is -0.700. The van der Waals surface area contributed by atoms with E-state index >= 15 is 0 Å². The fourth-order valence-electron chi connectivity index (χ4n) is 1.97. The summed E-state index contributed by atoms with van der Waals surface area (Å²) in [5.74, 6) is -0.137. The lowest BCUT2D eigenvalue weighted by molar-refractivity contribution is 0.514. The lowest BCUT2D eigenvalue weighted by Gasteiger charge is -2.22. The number of rotatable bonds is 3. The first-order valence-corrected chi connectivity index (χ1v) is 9.26. The molecule has 0 amide bonds. The summed E-state index contributed by atoms with van der Waals surface area (Å²) in [6.07, 6.45) is 0.924. The van der Waals surface area contributed by atoms with Crippen molar-refractivity contribution in [3.8, 4) is 0 Å². The Morgan fingerprint density at radius 1 is 1.35 bits per heavy atom. The van der Waals surface area contributed by atoms with Crippen molar-refractivity contribution in [2.45, 2.75) is 23.8 Å². The molecule has 112 valence electrons. The molecule has 1 aromatic rings. The van der Waals surface area contributed by atoms with Crippen LogP contribution in [-0.2, 0) is 20.8 Å². The second-order valence-corrected chi connectivity index (χ2v) is 8.37. The van der Waals surface area contributed by atoms with Crippen LogP contribution in [0.15, 0.2) is 17.0 Å². The molecule has 1 heterocycles. The van der Waals surface area contributed by atoms with E-state index in [1.54, 1.807) is 0 Å². The molecule has 1 fully saturated rings. The van der Waals surface area contributed by atoms with Gasteiger partial charge in [-0.2, -0.15) is 0 Å². The summed E-state index contributed by atoms with van der Waals surface area (Å²) in [5, 5.41) is 0.0500. The van der Waals surface area contributed by atoms with Crippen LogP contribution in [0.25, 0.3) is 0 Å². The number of nitrogens with two attached hydrogens (primary N) is 1. The Bertz CT molecular complexity index is 641. The van der Waals surface area contributed by atoms with Crippen molar-refractivity contribution in [1.82, 2.24) is 4.72 Å². The highest BCUT2D eigenvalue weighted by Gasteiger charge is 2.27. The first-order chi connectivity index (χ1) is 9.29. The van der Waals surface area contributed by atoms with E-state index in [9.17, 15) is 17.0 Å². The van der Waals surface area contributed by atoms with Gasteiger partial charge in [-0.05, 0) is 25.0 Å². The maximum Gasteiger partial charge on any atom is 0.243 e. The highest BCUT2D eigenvalue weighted by Crippen LogP contribution is 2.26. The molecule has 9 heteroatoms. The van der Waals surface area contributed by atoms with Crippen molar-refractivity contribution in [2.75, 3.05) is 17.2 Å². The molecule has 3 N–H and O–H groups in total. The van der Waals surface area contributed by atoms with Gasteiger partial charge in [-0.25, -0.2) is 17.5 Å². The second kappa shape index (κ2) is 5.97. The molecule has 0 radical (unpaired) electrons. The van der Waals surface area contributed by atoms with Crippen LogP contribution in [0, 0.1) is 5.82 Å². The van der Waals surface area contributed by atoms with E-state index in [-0.39, 0.29) is 16.8 Å². The monoisotopic (exact) mass is 340 g/mol. The van der Waals surface area contributed by atoms with Gasteiger partial charge in [0.2, 0.25) is 10.0 Å². The quantitative estimate of drug-likeness (QED) is 0.810. The van der Waals surface area contributed by atoms with Gasteiger partial charge >= 0.3 is 0 Å². The van der Waals surface area contributed by atoms with E-state index in [0.717, 1.165) is 12.1 Å².